The Morgan fingerprint density at radius 2 is 2.07 bits per heavy atom. The van der Waals surface area contributed by atoms with Crippen molar-refractivity contribution in [2.24, 2.45) is 5.73 Å². The number of amidine groups is 1. The van der Waals surface area contributed by atoms with Crippen LogP contribution in [0.4, 0.5) is 0 Å². The summed E-state index contributed by atoms with van der Waals surface area (Å²) in [6.07, 6.45) is -0.260. The molecule has 1 aromatic heterocycles. The summed E-state index contributed by atoms with van der Waals surface area (Å²) in [5, 5.41) is 31.5. The Hall–Kier alpha value is -1.00. The van der Waals surface area contributed by atoms with Crippen molar-refractivity contribution >= 4 is 35.1 Å². The molecule has 2 rings (SSSR count). The van der Waals surface area contributed by atoms with E-state index in [1.165, 1.54) is 6.33 Å². The molecule has 0 aromatic carbocycles. The van der Waals surface area contributed by atoms with Crippen molar-refractivity contribution in [3.63, 3.8) is 0 Å². The fourth-order valence-corrected chi connectivity index (χ4v) is 7.55. The number of nitrogens with one attached hydrogen (secondary N) is 1. The highest BCUT2D eigenvalue weighted by molar-refractivity contribution is 7.71. The molecule has 1 fully saturated rings. The zero-order valence-electron chi connectivity index (χ0n) is 15.4. The van der Waals surface area contributed by atoms with Crippen LogP contribution in [0.3, 0.4) is 0 Å². The molecular weight excluding hydrogens is 435 g/mol. The smallest absolute Gasteiger partial charge is 0.378 e. The molecule has 16 heteroatoms. The molecule has 1 saturated heterocycles. The highest BCUT2D eigenvalue weighted by atomic mass is 31.3. The summed E-state index contributed by atoms with van der Waals surface area (Å²) in [4.78, 5) is 3.78. The van der Waals surface area contributed by atoms with Crippen LogP contribution < -0.4 is 5.73 Å². The second-order valence-corrected chi connectivity index (χ2v) is 12.0. The van der Waals surface area contributed by atoms with Crippen LogP contribution in [0.1, 0.15) is 12.1 Å². The van der Waals surface area contributed by atoms with Gasteiger partial charge < -0.3 is 25.2 Å². The predicted octanol–water partition coefficient (Wildman–Crippen LogP) is 0.336. The second-order valence-electron chi connectivity index (χ2n) is 6.14. The fraction of sp³-hybridized carbons (Fsp3) is 0.667. The first-order valence-corrected chi connectivity index (χ1v) is 13.7. The van der Waals surface area contributed by atoms with Crippen LogP contribution in [0.15, 0.2) is 6.33 Å². The Morgan fingerprint density at radius 3 is 2.61 bits per heavy atom. The van der Waals surface area contributed by atoms with E-state index in [0.717, 1.165) is 18.0 Å². The third-order valence-corrected chi connectivity index (χ3v) is 8.70. The Labute approximate surface area is 162 Å². The standard InChI is InChI=1S/C12H23N5O8P3/c1-26(2)24-28(4,21)25-27(3,20)22-5-7-8(18)9(19)12(23-7)17-6-15-11(16-17)10(13)14/h6-9,12,18-19H,1,5H2,2-4H3,(H3,13,14)/q+1. The molecule has 1 aromatic rings. The van der Waals surface area contributed by atoms with E-state index in [4.69, 9.17) is 29.0 Å². The highest BCUT2D eigenvalue weighted by Crippen LogP contribution is 2.63. The average molecular weight is 458 g/mol. The molecule has 2 heterocycles. The molecule has 1 aliphatic rings. The average Bonchev–Trinajstić information content (AvgIpc) is 3.10. The maximum Gasteiger partial charge on any atom is 0.378 e. The molecule has 7 atom stereocenters. The second kappa shape index (κ2) is 8.79. The van der Waals surface area contributed by atoms with Crippen molar-refractivity contribution in [1.82, 2.24) is 14.8 Å². The molecule has 0 saturated carbocycles. The minimum atomic E-state index is -3.83. The van der Waals surface area contributed by atoms with Crippen molar-refractivity contribution < 1.29 is 37.2 Å². The van der Waals surface area contributed by atoms with Gasteiger partial charge in [-0.25, -0.2) is 14.0 Å². The normalized spacial score (nSPS) is 29.8. The zero-order valence-corrected chi connectivity index (χ0v) is 18.1. The summed E-state index contributed by atoms with van der Waals surface area (Å²) in [6.45, 7) is 3.41. The summed E-state index contributed by atoms with van der Waals surface area (Å²) < 4.78 is 46.3. The van der Waals surface area contributed by atoms with Crippen molar-refractivity contribution in [2.45, 2.75) is 24.5 Å². The fourth-order valence-electron chi connectivity index (χ4n) is 2.38. The minimum Gasteiger partial charge on any atom is -0.387 e. The molecule has 0 bridgehead atoms. The van der Waals surface area contributed by atoms with E-state index in [2.05, 4.69) is 16.4 Å². The number of hydrogen-bond donors (Lipinski definition) is 4. The van der Waals surface area contributed by atoms with Gasteiger partial charge in [0.2, 0.25) is 5.82 Å². The quantitative estimate of drug-likeness (QED) is 0.226. The lowest BCUT2D eigenvalue weighted by molar-refractivity contribution is -0.0561. The minimum absolute atomic E-state index is 0.0727. The lowest BCUT2D eigenvalue weighted by Gasteiger charge is -2.19. The topological polar surface area (TPSA) is 192 Å². The summed E-state index contributed by atoms with van der Waals surface area (Å²) >= 11 is 0. The zero-order chi connectivity index (χ0) is 21.3. The number of nitrogens with zero attached hydrogens (tertiary/aromatic N) is 3. The molecular formula is C12H23N5O8P3+. The van der Waals surface area contributed by atoms with Crippen LogP contribution in [0.2, 0.25) is 0 Å². The van der Waals surface area contributed by atoms with Gasteiger partial charge in [-0.15, -0.1) is 5.10 Å². The molecule has 0 amide bonds. The van der Waals surface area contributed by atoms with Gasteiger partial charge in [0.1, 0.15) is 37.6 Å². The molecule has 0 spiro atoms. The van der Waals surface area contributed by atoms with Gasteiger partial charge >= 0.3 is 15.2 Å². The molecule has 0 aliphatic carbocycles. The van der Waals surface area contributed by atoms with E-state index in [9.17, 15) is 19.3 Å². The lowest BCUT2D eigenvalue weighted by atomic mass is 10.1. The molecule has 5 N–H and O–H groups in total. The number of hydrogen-bond acceptors (Lipinski definition) is 11. The monoisotopic (exact) mass is 458 g/mol. The number of rotatable bonds is 9. The van der Waals surface area contributed by atoms with Crippen molar-refractivity contribution in [2.75, 3.05) is 26.6 Å². The molecule has 158 valence electrons. The van der Waals surface area contributed by atoms with E-state index in [-0.39, 0.29) is 11.7 Å². The summed E-state index contributed by atoms with van der Waals surface area (Å²) in [7, 11) is -8.74. The van der Waals surface area contributed by atoms with Gasteiger partial charge in [0.15, 0.2) is 12.1 Å². The lowest BCUT2D eigenvalue weighted by Crippen LogP contribution is -2.33. The summed E-state index contributed by atoms with van der Waals surface area (Å²) in [6, 6.07) is 0. The third kappa shape index (κ3) is 6.00. The Balaban J connectivity index is 2.00. The number of nitrogen functional groups attached to an aromatic ring is 1. The van der Waals surface area contributed by atoms with E-state index >= 15 is 0 Å². The summed E-state index contributed by atoms with van der Waals surface area (Å²) in [5.41, 5.74) is 5.28. The third-order valence-electron chi connectivity index (χ3n) is 3.41. The van der Waals surface area contributed by atoms with Crippen LogP contribution in [0, 0.1) is 5.41 Å². The van der Waals surface area contributed by atoms with Crippen LogP contribution in [-0.2, 0) is 27.0 Å². The van der Waals surface area contributed by atoms with Crippen LogP contribution >= 0.6 is 23.0 Å². The van der Waals surface area contributed by atoms with Crippen molar-refractivity contribution in [3.8, 4) is 0 Å². The Kier molecular flexibility index (Phi) is 7.31. The number of nitrogens with two attached hydrogens (primary N) is 1. The molecule has 1 aliphatic heterocycles. The number of aliphatic hydroxyl groups is 2. The maximum atomic E-state index is 12.4. The number of ether oxygens (including phenoxy) is 1. The van der Waals surface area contributed by atoms with Gasteiger partial charge in [-0.1, -0.05) is 4.31 Å². The molecule has 13 nitrogen and oxygen atoms in total. The largest absolute Gasteiger partial charge is 0.387 e. The van der Waals surface area contributed by atoms with Gasteiger partial charge in [0.25, 0.3) is 7.77 Å². The van der Waals surface area contributed by atoms with Crippen molar-refractivity contribution in [3.05, 3.63) is 12.2 Å². The van der Waals surface area contributed by atoms with E-state index < -0.39 is 54.1 Å². The number of aliphatic hydroxyl groups excluding tert-OH is 2. The Morgan fingerprint density at radius 1 is 1.43 bits per heavy atom. The first-order valence-electron chi connectivity index (χ1n) is 7.83. The molecule has 7 unspecified atom stereocenters. The van der Waals surface area contributed by atoms with Gasteiger partial charge in [-0.2, -0.15) is 0 Å². The van der Waals surface area contributed by atoms with E-state index in [1.807, 2.05) is 0 Å². The van der Waals surface area contributed by atoms with Gasteiger partial charge in [-0.3, -0.25) is 14.5 Å². The van der Waals surface area contributed by atoms with Crippen molar-refractivity contribution in [1.29, 1.82) is 5.41 Å². The van der Waals surface area contributed by atoms with Gasteiger partial charge in [-0.05, 0) is 0 Å². The highest BCUT2D eigenvalue weighted by Gasteiger charge is 2.45. The molecule has 0 radical (unpaired) electrons. The molecule has 28 heavy (non-hydrogen) atoms. The van der Waals surface area contributed by atoms with Crippen LogP contribution in [0.25, 0.3) is 0 Å². The first kappa shape index (κ1) is 23.3. The first-order chi connectivity index (χ1) is 12.8. The maximum absolute atomic E-state index is 12.4. The van der Waals surface area contributed by atoms with Crippen LogP contribution in [-0.4, -0.2) is 82.0 Å². The van der Waals surface area contributed by atoms with Gasteiger partial charge in [0.05, 0.1) is 6.61 Å². The van der Waals surface area contributed by atoms with Crippen LogP contribution in [0.5, 0.6) is 0 Å². The Bertz CT molecular complexity index is 847. The summed E-state index contributed by atoms with van der Waals surface area (Å²) in [5.74, 6) is -0.448. The predicted molar refractivity (Wildman–Crippen MR) is 102 cm³/mol. The van der Waals surface area contributed by atoms with E-state index in [1.54, 1.807) is 6.66 Å². The SMILES string of the molecule is C=[P+](C)OP(C)(=O)OP(C)(=O)OCC1OC(n2cnc(C(=N)N)n2)C(O)C1O. The van der Waals surface area contributed by atoms with Gasteiger partial charge in [0, 0.05) is 13.3 Å². The van der Waals surface area contributed by atoms with E-state index in [0.29, 0.717) is 0 Å². The number of aromatic nitrogens is 3.